The zero-order chi connectivity index (χ0) is 13.1. The maximum atomic E-state index is 5.55. The standard InChI is InChI=1S/C14H18BrN3/c1-10-8-13(15)5-6-14(10)18-11(2)12(9-17-18)4-3-7-16/h5-6,8-9H,3-4,7,16H2,1-2H3. The lowest BCUT2D eigenvalue weighted by atomic mass is 10.1. The van der Waals surface area contributed by atoms with E-state index >= 15 is 0 Å². The summed E-state index contributed by atoms with van der Waals surface area (Å²) in [7, 11) is 0. The Balaban J connectivity index is 2.36. The van der Waals surface area contributed by atoms with Crippen molar-refractivity contribution in [3.63, 3.8) is 0 Å². The molecule has 0 saturated carbocycles. The summed E-state index contributed by atoms with van der Waals surface area (Å²) >= 11 is 3.48. The second-order valence-electron chi connectivity index (χ2n) is 4.49. The molecular formula is C14H18BrN3. The lowest BCUT2D eigenvalue weighted by Crippen LogP contribution is -2.03. The minimum atomic E-state index is 0.724. The number of aryl methyl sites for hydroxylation is 2. The van der Waals surface area contributed by atoms with E-state index in [4.69, 9.17) is 5.73 Å². The third kappa shape index (κ3) is 2.65. The van der Waals surface area contributed by atoms with Crippen molar-refractivity contribution in [2.24, 2.45) is 5.73 Å². The van der Waals surface area contributed by atoms with Crippen LogP contribution in [0.5, 0.6) is 0 Å². The van der Waals surface area contributed by atoms with E-state index in [1.807, 2.05) is 16.9 Å². The number of hydrogen-bond donors (Lipinski definition) is 1. The van der Waals surface area contributed by atoms with Gasteiger partial charge >= 0.3 is 0 Å². The van der Waals surface area contributed by atoms with E-state index in [1.54, 1.807) is 0 Å². The predicted molar refractivity (Wildman–Crippen MR) is 78.1 cm³/mol. The summed E-state index contributed by atoms with van der Waals surface area (Å²) in [5.74, 6) is 0. The van der Waals surface area contributed by atoms with Gasteiger partial charge in [-0.3, -0.25) is 0 Å². The van der Waals surface area contributed by atoms with Crippen LogP contribution in [0.1, 0.15) is 23.2 Å². The maximum absolute atomic E-state index is 5.55. The molecule has 0 radical (unpaired) electrons. The molecule has 0 bridgehead atoms. The average molecular weight is 308 g/mol. The van der Waals surface area contributed by atoms with Crippen LogP contribution in [-0.4, -0.2) is 16.3 Å². The van der Waals surface area contributed by atoms with Crippen molar-refractivity contribution >= 4 is 15.9 Å². The van der Waals surface area contributed by atoms with Crippen LogP contribution >= 0.6 is 15.9 Å². The van der Waals surface area contributed by atoms with Gasteiger partial charge in [0.15, 0.2) is 0 Å². The highest BCUT2D eigenvalue weighted by Crippen LogP contribution is 2.21. The molecule has 0 atom stereocenters. The van der Waals surface area contributed by atoms with Crippen molar-refractivity contribution in [2.75, 3.05) is 6.54 Å². The van der Waals surface area contributed by atoms with Gasteiger partial charge in [0.2, 0.25) is 0 Å². The molecule has 2 aromatic rings. The quantitative estimate of drug-likeness (QED) is 0.943. The predicted octanol–water partition coefficient (Wildman–Crippen LogP) is 3.14. The molecule has 0 unspecified atom stereocenters. The zero-order valence-corrected chi connectivity index (χ0v) is 12.4. The van der Waals surface area contributed by atoms with Crippen molar-refractivity contribution in [1.82, 2.24) is 9.78 Å². The fourth-order valence-corrected chi connectivity index (χ4v) is 2.56. The molecule has 96 valence electrons. The van der Waals surface area contributed by atoms with Gasteiger partial charge in [-0.05, 0) is 62.6 Å². The van der Waals surface area contributed by atoms with E-state index in [-0.39, 0.29) is 0 Å². The lowest BCUT2D eigenvalue weighted by Gasteiger charge is -2.09. The first kappa shape index (κ1) is 13.3. The van der Waals surface area contributed by atoms with Crippen molar-refractivity contribution < 1.29 is 0 Å². The van der Waals surface area contributed by atoms with Crippen LogP contribution < -0.4 is 5.73 Å². The van der Waals surface area contributed by atoms with E-state index in [0.717, 1.165) is 29.5 Å². The molecule has 0 aliphatic carbocycles. The van der Waals surface area contributed by atoms with E-state index in [1.165, 1.54) is 16.8 Å². The largest absolute Gasteiger partial charge is 0.330 e. The van der Waals surface area contributed by atoms with Crippen LogP contribution in [0.25, 0.3) is 5.69 Å². The summed E-state index contributed by atoms with van der Waals surface area (Å²) < 4.78 is 3.10. The maximum Gasteiger partial charge on any atom is 0.0678 e. The summed E-state index contributed by atoms with van der Waals surface area (Å²) in [6.45, 7) is 4.93. The number of nitrogens with two attached hydrogens (primary N) is 1. The van der Waals surface area contributed by atoms with Crippen molar-refractivity contribution in [3.05, 3.63) is 45.7 Å². The third-order valence-electron chi connectivity index (χ3n) is 3.15. The van der Waals surface area contributed by atoms with Gasteiger partial charge in [-0.1, -0.05) is 15.9 Å². The van der Waals surface area contributed by atoms with Gasteiger partial charge in [-0.2, -0.15) is 5.10 Å². The van der Waals surface area contributed by atoms with E-state index in [0.29, 0.717) is 0 Å². The molecule has 2 rings (SSSR count). The Morgan fingerprint density at radius 1 is 1.33 bits per heavy atom. The van der Waals surface area contributed by atoms with Crippen LogP contribution in [-0.2, 0) is 6.42 Å². The summed E-state index contributed by atoms with van der Waals surface area (Å²) in [4.78, 5) is 0. The summed E-state index contributed by atoms with van der Waals surface area (Å²) in [5.41, 5.74) is 10.4. The topological polar surface area (TPSA) is 43.8 Å². The first-order valence-electron chi connectivity index (χ1n) is 6.13. The van der Waals surface area contributed by atoms with Crippen molar-refractivity contribution in [1.29, 1.82) is 0 Å². The number of aromatic nitrogens is 2. The minimum absolute atomic E-state index is 0.724. The Morgan fingerprint density at radius 2 is 2.11 bits per heavy atom. The van der Waals surface area contributed by atoms with Crippen molar-refractivity contribution in [3.8, 4) is 5.69 Å². The van der Waals surface area contributed by atoms with Crippen LogP contribution in [0.2, 0.25) is 0 Å². The first-order chi connectivity index (χ1) is 8.63. The Kier molecular flexibility index (Phi) is 4.19. The van der Waals surface area contributed by atoms with E-state index in [2.05, 4.69) is 47.0 Å². The molecule has 18 heavy (non-hydrogen) atoms. The van der Waals surface area contributed by atoms with Gasteiger partial charge in [0.25, 0.3) is 0 Å². The molecule has 1 aromatic carbocycles. The number of hydrogen-bond acceptors (Lipinski definition) is 2. The Hall–Kier alpha value is -1.13. The van der Waals surface area contributed by atoms with E-state index < -0.39 is 0 Å². The molecule has 3 nitrogen and oxygen atoms in total. The van der Waals surface area contributed by atoms with Crippen molar-refractivity contribution in [2.45, 2.75) is 26.7 Å². The molecule has 0 aliphatic rings. The van der Waals surface area contributed by atoms with E-state index in [9.17, 15) is 0 Å². The van der Waals surface area contributed by atoms with Gasteiger partial charge in [0.1, 0.15) is 0 Å². The normalized spacial score (nSPS) is 10.9. The second kappa shape index (κ2) is 5.67. The van der Waals surface area contributed by atoms with Gasteiger partial charge in [0, 0.05) is 10.2 Å². The van der Waals surface area contributed by atoms with Gasteiger partial charge in [-0.25, -0.2) is 4.68 Å². The molecule has 0 saturated heterocycles. The fraction of sp³-hybridized carbons (Fsp3) is 0.357. The van der Waals surface area contributed by atoms with Crippen LogP contribution in [0.3, 0.4) is 0 Å². The SMILES string of the molecule is Cc1cc(Br)ccc1-n1ncc(CCCN)c1C. The molecule has 0 aliphatic heterocycles. The average Bonchev–Trinajstić information content (AvgIpc) is 2.68. The fourth-order valence-electron chi connectivity index (χ4n) is 2.08. The molecule has 0 spiro atoms. The minimum Gasteiger partial charge on any atom is -0.330 e. The molecule has 4 heteroatoms. The Bertz CT molecular complexity index is 546. The smallest absolute Gasteiger partial charge is 0.0678 e. The van der Waals surface area contributed by atoms with Crippen LogP contribution in [0.15, 0.2) is 28.9 Å². The summed E-state index contributed by atoms with van der Waals surface area (Å²) in [5, 5.41) is 4.49. The third-order valence-corrected chi connectivity index (χ3v) is 3.64. The van der Waals surface area contributed by atoms with Crippen LogP contribution in [0.4, 0.5) is 0 Å². The highest BCUT2D eigenvalue weighted by atomic mass is 79.9. The molecule has 2 N–H and O–H groups in total. The van der Waals surface area contributed by atoms with Gasteiger partial charge < -0.3 is 5.73 Å². The summed E-state index contributed by atoms with van der Waals surface area (Å²) in [6.07, 6.45) is 3.95. The van der Waals surface area contributed by atoms with Gasteiger partial charge in [-0.15, -0.1) is 0 Å². The number of benzene rings is 1. The molecule has 1 heterocycles. The Labute approximate surface area is 116 Å². The Morgan fingerprint density at radius 3 is 2.78 bits per heavy atom. The highest BCUT2D eigenvalue weighted by molar-refractivity contribution is 9.10. The monoisotopic (exact) mass is 307 g/mol. The molecule has 0 amide bonds. The van der Waals surface area contributed by atoms with Gasteiger partial charge in [0.05, 0.1) is 11.9 Å². The summed E-state index contributed by atoms with van der Waals surface area (Å²) in [6, 6.07) is 6.24. The molecule has 0 fully saturated rings. The molecular weight excluding hydrogens is 290 g/mol. The number of rotatable bonds is 4. The second-order valence-corrected chi connectivity index (χ2v) is 5.41. The molecule has 1 aromatic heterocycles. The zero-order valence-electron chi connectivity index (χ0n) is 10.8. The number of nitrogens with zero attached hydrogens (tertiary/aromatic N) is 2. The number of halogens is 1. The lowest BCUT2D eigenvalue weighted by molar-refractivity contribution is 0.813. The van der Waals surface area contributed by atoms with Crippen LogP contribution in [0, 0.1) is 13.8 Å². The highest BCUT2D eigenvalue weighted by Gasteiger charge is 2.09. The first-order valence-corrected chi connectivity index (χ1v) is 6.93.